The van der Waals surface area contributed by atoms with Crippen molar-refractivity contribution < 1.29 is 14.5 Å². The molecule has 0 unspecified atom stereocenters. The number of nitro groups is 1. The Morgan fingerprint density at radius 3 is 2.61 bits per heavy atom. The summed E-state index contributed by atoms with van der Waals surface area (Å²) in [5.74, 6) is -0.974. The SMILES string of the molecule is Cc1[nH]c2ccccc2c1CCNC(=O)C(=Cc1cccc([N+](=O)[O-])c1)NC(=O)c1cccc(Br)c1. The first-order chi connectivity index (χ1) is 17.3. The monoisotopic (exact) mass is 546 g/mol. The molecule has 0 fully saturated rings. The minimum absolute atomic E-state index is 0.0175. The molecule has 182 valence electrons. The number of halogens is 1. The number of carbonyl (C=O) groups excluding carboxylic acids is 2. The van der Waals surface area contributed by atoms with Crippen molar-refractivity contribution in [2.24, 2.45) is 0 Å². The molecular weight excluding hydrogens is 524 g/mol. The number of rotatable bonds is 8. The van der Waals surface area contributed by atoms with Gasteiger partial charge in [0.05, 0.1) is 4.92 Å². The molecule has 2 amide bonds. The van der Waals surface area contributed by atoms with Gasteiger partial charge in [-0.25, -0.2) is 0 Å². The van der Waals surface area contributed by atoms with E-state index in [4.69, 9.17) is 0 Å². The Morgan fingerprint density at radius 1 is 1.06 bits per heavy atom. The van der Waals surface area contributed by atoms with E-state index in [9.17, 15) is 19.7 Å². The smallest absolute Gasteiger partial charge is 0.270 e. The molecule has 0 aliphatic heterocycles. The number of para-hydroxylation sites is 1. The summed E-state index contributed by atoms with van der Waals surface area (Å²) in [5.41, 5.74) is 3.80. The molecule has 0 spiro atoms. The Morgan fingerprint density at radius 2 is 1.83 bits per heavy atom. The van der Waals surface area contributed by atoms with Crippen LogP contribution in [0.4, 0.5) is 5.69 Å². The highest BCUT2D eigenvalue weighted by Gasteiger charge is 2.16. The third-order valence-corrected chi connectivity index (χ3v) is 6.15. The number of aromatic nitrogens is 1. The Labute approximate surface area is 215 Å². The second kappa shape index (κ2) is 11.0. The normalized spacial score (nSPS) is 11.3. The number of nitro benzene ring substituents is 1. The molecule has 1 aromatic heterocycles. The van der Waals surface area contributed by atoms with E-state index < -0.39 is 16.7 Å². The zero-order chi connectivity index (χ0) is 25.7. The molecule has 0 aliphatic rings. The van der Waals surface area contributed by atoms with Crippen LogP contribution < -0.4 is 10.6 Å². The van der Waals surface area contributed by atoms with E-state index in [1.807, 2.05) is 31.2 Å². The Balaban J connectivity index is 1.55. The van der Waals surface area contributed by atoms with Crippen LogP contribution >= 0.6 is 15.9 Å². The second-order valence-corrected chi connectivity index (χ2v) is 9.07. The third-order valence-electron chi connectivity index (χ3n) is 5.66. The first-order valence-corrected chi connectivity index (χ1v) is 12.0. The van der Waals surface area contributed by atoms with Crippen LogP contribution in [0.1, 0.15) is 27.2 Å². The van der Waals surface area contributed by atoms with Crippen LogP contribution in [0.2, 0.25) is 0 Å². The average molecular weight is 547 g/mol. The number of fused-ring (bicyclic) bond motifs is 1. The van der Waals surface area contributed by atoms with Gasteiger partial charge in [0.15, 0.2) is 0 Å². The molecule has 4 rings (SSSR count). The molecule has 8 nitrogen and oxygen atoms in total. The molecule has 0 aliphatic carbocycles. The summed E-state index contributed by atoms with van der Waals surface area (Å²) < 4.78 is 0.720. The summed E-state index contributed by atoms with van der Waals surface area (Å²) in [6, 6.07) is 20.6. The van der Waals surface area contributed by atoms with Crippen molar-refractivity contribution in [2.75, 3.05) is 6.54 Å². The van der Waals surface area contributed by atoms with Crippen LogP contribution in [-0.4, -0.2) is 28.3 Å². The number of nitrogens with one attached hydrogen (secondary N) is 3. The van der Waals surface area contributed by atoms with Gasteiger partial charge < -0.3 is 15.6 Å². The number of nitrogens with zero attached hydrogens (tertiary/aromatic N) is 1. The molecule has 9 heteroatoms. The fourth-order valence-corrected chi connectivity index (χ4v) is 4.33. The average Bonchev–Trinajstić information content (AvgIpc) is 3.18. The van der Waals surface area contributed by atoms with Gasteiger partial charge >= 0.3 is 0 Å². The molecule has 36 heavy (non-hydrogen) atoms. The minimum Gasteiger partial charge on any atom is -0.358 e. The predicted molar refractivity (Wildman–Crippen MR) is 142 cm³/mol. The first-order valence-electron chi connectivity index (χ1n) is 11.2. The standard InChI is InChI=1S/C27H23BrN4O4/c1-17-22(23-10-2-3-11-24(23)30-17)12-13-29-27(34)25(15-18-6-4-9-21(14-18)32(35)36)31-26(33)19-7-5-8-20(28)16-19/h2-11,14-16,30H,12-13H2,1H3,(H,29,34)(H,31,33). The van der Waals surface area contributed by atoms with Gasteiger partial charge in [0.1, 0.15) is 5.70 Å². The van der Waals surface area contributed by atoms with Crippen molar-refractivity contribution in [2.45, 2.75) is 13.3 Å². The van der Waals surface area contributed by atoms with Gasteiger partial charge in [0, 0.05) is 45.3 Å². The van der Waals surface area contributed by atoms with Gasteiger partial charge in [0.2, 0.25) is 0 Å². The van der Waals surface area contributed by atoms with Crippen LogP contribution in [-0.2, 0) is 11.2 Å². The second-order valence-electron chi connectivity index (χ2n) is 8.15. The van der Waals surface area contributed by atoms with Gasteiger partial charge in [-0.05, 0) is 54.8 Å². The van der Waals surface area contributed by atoms with Crippen molar-refractivity contribution >= 4 is 50.4 Å². The number of hydrogen-bond acceptors (Lipinski definition) is 4. The summed E-state index contributed by atoms with van der Waals surface area (Å²) in [4.78, 5) is 40.0. The van der Waals surface area contributed by atoms with E-state index in [1.54, 1.807) is 30.3 Å². The lowest BCUT2D eigenvalue weighted by molar-refractivity contribution is -0.384. The van der Waals surface area contributed by atoms with Gasteiger partial charge in [0.25, 0.3) is 17.5 Å². The van der Waals surface area contributed by atoms with Gasteiger partial charge in [-0.2, -0.15) is 0 Å². The summed E-state index contributed by atoms with van der Waals surface area (Å²) in [7, 11) is 0. The molecule has 0 saturated heterocycles. The third kappa shape index (κ3) is 5.87. The number of amides is 2. The van der Waals surface area contributed by atoms with Crippen LogP contribution in [0, 0.1) is 17.0 Å². The summed E-state index contributed by atoms with van der Waals surface area (Å²) in [6.07, 6.45) is 2.01. The van der Waals surface area contributed by atoms with Gasteiger partial charge in [-0.15, -0.1) is 0 Å². The maximum absolute atomic E-state index is 13.1. The number of aromatic amines is 1. The molecule has 0 atom stereocenters. The van der Waals surface area contributed by atoms with Gasteiger partial charge in [-0.1, -0.05) is 52.3 Å². The number of non-ortho nitro benzene ring substituents is 1. The fourth-order valence-electron chi connectivity index (χ4n) is 3.93. The quantitative estimate of drug-likeness (QED) is 0.158. The Kier molecular flexibility index (Phi) is 7.60. The molecule has 3 N–H and O–H groups in total. The zero-order valence-corrected chi connectivity index (χ0v) is 21.0. The van der Waals surface area contributed by atoms with Crippen molar-refractivity contribution in [3.8, 4) is 0 Å². The van der Waals surface area contributed by atoms with Crippen LogP contribution in [0.25, 0.3) is 17.0 Å². The first kappa shape index (κ1) is 24.9. The molecule has 0 saturated carbocycles. The number of aryl methyl sites for hydroxylation is 1. The van der Waals surface area contributed by atoms with Crippen molar-refractivity contribution in [3.63, 3.8) is 0 Å². The van der Waals surface area contributed by atoms with Crippen LogP contribution in [0.5, 0.6) is 0 Å². The van der Waals surface area contributed by atoms with Crippen molar-refractivity contribution in [1.82, 2.24) is 15.6 Å². The lowest BCUT2D eigenvalue weighted by Crippen LogP contribution is -2.35. The van der Waals surface area contributed by atoms with Gasteiger partial charge in [-0.3, -0.25) is 19.7 Å². The molecule has 0 radical (unpaired) electrons. The molecule has 4 aromatic rings. The van der Waals surface area contributed by atoms with Crippen molar-refractivity contribution in [1.29, 1.82) is 0 Å². The Bertz CT molecular complexity index is 1490. The fraction of sp³-hybridized carbons (Fsp3) is 0.111. The summed E-state index contributed by atoms with van der Waals surface area (Å²) in [6.45, 7) is 2.32. The number of H-pyrrole nitrogens is 1. The maximum Gasteiger partial charge on any atom is 0.270 e. The number of hydrogen-bond donors (Lipinski definition) is 3. The van der Waals surface area contributed by atoms with Crippen LogP contribution in [0.3, 0.4) is 0 Å². The lowest BCUT2D eigenvalue weighted by atomic mass is 10.1. The summed E-state index contributed by atoms with van der Waals surface area (Å²) >= 11 is 3.34. The number of benzene rings is 3. The summed E-state index contributed by atoms with van der Waals surface area (Å²) in [5, 5.41) is 17.8. The minimum atomic E-state index is -0.513. The molecule has 0 bridgehead atoms. The lowest BCUT2D eigenvalue weighted by Gasteiger charge is -2.12. The largest absolute Gasteiger partial charge is 0.358 e. The number of carbonyl (C=O) groups is 2. The van der Waals surface area contributed by atoms with E-state index in [-0.39, 0.29) is 11.4 Å². The molecule has 1 heterocycles. The van der Waals surface area contributed by atoms with E-state index in [1.165, 1.54) is 24.3 Å². The van der Waals surface area contributed by atoms with Crippen LogP contribution in [0.15, 0.2) is 83.0 Å². The molecular formula is C27H23BrN4O4. The predicted octanol–water partition coefficient (Wildman–Crippen LogP) is 5.28. The van der Waals surface area contributed by atoms with E-state index in [0.717, 1.165) is 26.6 Å². The highest BCUT2D eigenvalue weighted by atomic mass is 79.9. The maximum atomic E-state index is 13.1. The topological polar surface area (TPSA) is 117 Å². The van der Waals surface area contributed by atoms with E-state index in [0.29, 0.717) is 24.1 Å². The van der Waals surface area contributed by atoms with E-state index >= 15 is 0 Å². The molecule has 3 aromatic carbocycles. The van der Waals surface area contributed by atoms with Crippen molar-refractivity contribution in [3.05, 3.63) is 115 Å². The highest BCUT2D eigenvalue weighted by molar-refractivity contribution is 9.10. The Hall–Kier alpha value is -4.24. The zero-order valence-electron chi connectivity index (χ0n) is 19.4. The van der Waals surface area contributed by atoms with E-state index in [2.05, 4.69) is 31.5 Å². The highest BCUT2D eigenvalue weighted by Crippen LogP contribution is 2.22.